The van der Waals surface area contributed by atoms with Gasteiger partial charge in [-0.25, -0.2) is 0 Å². The SMILES string of the molecule is CC[C@H]1CCCCN1CCCNC(=O)c1ccc(CN2CCCc3ccccc32)cc1. The van der Waals surface area contributed by atoms with Crippen LogP contribution in [0.15, 0.2) is 48.5 Å². The first kappa shape index (κ1) is 21.9. The van der Waals surface area contributed by atoms with E-state index in [1.54, 1.807) is 0 Å². The van der Waals surface area contributed by atoms with Gasteiger partial charge in [-0.05, 0) is 74.4 Å². The average Bonchev–Trinajstić information content (AvgIpc) is 2.82. The monoisotopic (exact) mass is 419 g/mol. The average molecular weight is 420 g/mol. The Balaban J connectivity index is 1.24. The van der Waals surface area contributed by atoms with Crippen molar-refractivity contribution in [1.29, 1.82) is 0 Å². The highest BCUT2D eigenvalue weighted by atomic mass is 16.1. The summed E-state index contributed by atoms with van der Waals surface area (Å²) in [5.74, 6) is 0.0422. The summed E-state index contributed by atoms with van der Waals surface area (Å²) >= 11 is 0. The number of nitrogens with one attached hydrogen (secondary N) is 1. The molecule has 31 heavy (non-hydrogen) atoms. The molecule has 4 rings (SSSR count). The van der Waals surface area contributed by atoms with Gasteiger partial charge in [-0.2, -0.15) is 0 Å². The number of fused-ring (bicyclic) bond motifs is 1. The minimum Gasteiger partial charge on any atom is -0.367 e. The number of anilines is 1. The number of carbonyl (C=O) groups excluding carboxylic acids is 1. The number of piperidine rings is 1. The summed E-state index contributed by atoms with van der Waals surface area (Å²) in [6.45, 7) is 7.34. The van der Waals surface area contributed by atoms with Crippen molar-refractivity contribution in [3.05, 3.63) is 65.2 Å². The maximum absolute atomic E-state index is 12.5. The molecule has 4 nitrogen and oxygen atoms in total. The zero-order valence-corrected chi connectivity index (χ0v) is 19.0. The first-order chi connectivity index (χ1) is 15.2. The highest BCUT2D eigenvalue weighted by Crippen LogP contribution is 2.28. The summed E-state index contributed by atoms with van der Waals surface area (Å²) in [6.07, 6.45) is 8.65. The van der Waals surface area contributed by atoms with E-state index in [1.165, 1.54) is 61.9 Å². The van der Waals surface area contributed by atoms with E-state index >= 15 is 0 Å². The number of hydrogen-bond acceptors (Lipinski definition) is 3. The molecule has 0 spiro atoms. The molecular formula is C27H37N3O. The van der Waals surface area contributed by atoms with E-state index in [9.17, 15) is 4.79 Å². The van der Waals surface area contributed by atoms with E-state index < -0.39 is 0 Å². The van der Waals surface area contributed by atoms with E-state index in [4.69, 9.17) is 0 Å². The molecule has 166 valence electrons. The number of benzene rings is 2. The molecule has 2 aromatic rings. The molecule has 2 heterocycles. The standard InChI is InChI=1S/C27H37N3O/c1-2-25-11-5-6-18-29(25)20-8-17-28-27(31)24-15-13-22(14-16-24)21-30-19-7-10-23-9-3-4-12-26(23)30/h3-4,9,12-16,25H,2,5-8,10-11,17-21H2,1H3,(H,28,31)/t25-/m0/s1. The van der Waals surface area contributed by atoms with Crippen molar-refractivity contribution in [2.24, 2.45) is 0 Å². The first-order valence-electron chi connectivity index (χ1n) is 12.2. The summed E-state index contributed by atoms with van der Waals surface area (Å²) in [4.78, 5) is 17.6. The molecule has 2 aromatic carbocycles. The van der Waals surface area contributed by atoms with Crippen molar-refractivity contribution in [3.8, 4) is 0 Å². The molecule has 1 N–H and O–H groups in total. The van der Waals surface area contributed by atoms with Gasteiger partial charge in [-0.15, -0.1) is 0 Å². The van der Waals surface area contributed by atoms with Gasteiger partial charge in [0.1, 0.15) is 0 Å². The van der Waals surface area contributed by atoms with Crippen LogP contribution in [0.1, 0.15) is 66.9 Å². The Morgan fingerprint density at radius 1 is 1.03 bits per heavy atom. The third-order valence-corrected chi connectivity index (χ3v) is 6.92. The lowest BCUT2D eigenvalue weighted by atomic mass is 10.00. The van der Waals surface area contributed by atoms with Crippen molar-refractivity contribution in [2.75, 3.05) is 31.1 Å². The molecule has 0 unspecified atom stereocenters. The van der Waals surface area contributed by atoms with Crippen molar-refractivity contribution in [3.63, 3.8) is 0 Å². The third-order valence-electron chi connectivity index (χ3n) is 6.92. The molecular weight excluding hydrogens is 382 g/mol. The van der Waals surface area contributed by atoms with Gasteiger partial charge in [0.25, 0.3) is 5.91 Å². The Hall–Kier alpha value is -2.33. The summed E-state index contributed by atoms with van der Waals surface area (Å²) in [5, 5.41) is 3.11. The van der Waals surface area contributed by atoms with Gasteiger partial charge in [0.2, 0.25) is 0 Å². The van der Waals surface area contributed by atoms with Crippen molar-refractivity contribution in [2.45, 2.75) is 64.5 Å². The number of para-hydroxylation sites is 1. The lowest BCUT2D eigenvalue weighted by molar-refractivity contribution is 0.0947. The fourth-order valence-corrected chi connectivity index (χ4v) is 5.16. The van der Waals surface area contributed by atoms with Gasteiger partial charge >= 0.3 is 0 Å². The van der Waals surface area contributed by atoms with Crippen LogP contribution in [0.5, 0.6) is 0 Å². The minimum atomic E-state index is 0.0422. The van der Waals surface area contributed by atoms with E-state index in [2.05, 4.69) is 58.4 Å². The zero-order valence-electron chi connectivity index (χ0n) is 19.0. The number of carbonyl (C=O) groups is 1. The second-order valence-electron chi connectivity index (χ2n) is 9.05. The Kier molecular flexibility index (Phi) is 7.63. The number of likely N-dealkylation sites (tertiary alicyclic amines) is 1. The number of hydrogen-bond donors (Lipinski definition) is 1. The lowest BCUT2D eigenvalue weighted by Crippen LogP contribution is -2.40. The third kappa shape index (κ3) is 5.68. The van der Waals surface area contributed by atoms with Crippen LogP contribution in [-0.4, -0.2) is 43.0 Å². The Morgan fingerprint density at radius 3 is 2.71 bits per heavy atom. The van der Waals surface area contributed by atoms with Crippen LogP contribution in [0.3, 0.4) is 0 Å². The van der Waals surface area contributed by atoms with Crippen LogP contribution in [0.25, 0.3) is 0 Å². The van der Waals surface area contributed by atoms with Gasteiger partial charge < -0.3 is 15.1 Å². The predicted molar refractivity (Wildman–Crippen MR) is 129 cm³/mol. The number of amides is 1. The highest BCUT2D eigenvalue weighted by molar-refractivity contribution is 5.94. The number of rotatable bonds is 8. The predicted octanol–water partition coefficient (Wildman–Crippen LogP) is 5.02. The van der Waals surface area contributed by atoms with Gasteiger partial charge in [-0.3, -0.25) is 4.79 Å². The van der Waals surface area contributed by atoms with Gasteiger partial charge in [0.05, 0.1) is 0 Å². The van der Waals surface area contributed by atoms with Crippen LogP contribution < -0.4 is 10.2 Å². The molecule has 4 heteroatoms. The van der Waals surface area contributed by atoms with Gasteiger partial charge in [-0.1, -0.05) is 43.7 Å². The molecule has 2 aliphatic heterocycles. The highest BCUT2D eigenvalue weighted by Gasteiger charge is 2.20. The topological polar surface area (TPSA) is 35.6 Å². The quantitative estimate of drug-likeness (QED) is 0.610. The van der Waals surface area contributed by atoms with Gasteiger partial charge in [0, 0.05) is 43.5 Å². The summed E-state index contributed by atoms with van der Waals surface area (Å²) in [6, 6.07) is 17.6. The van der Waals surface area contributed by atoms with Crippen LogP contribution in [0.2, 0.25) is 0 Å². The fourth-order valence-electron chi connectivity index (χ4n) is 5.16. The summed E-state index contributed by atoms with van der Waals surface area (Å²) in [7, 11) is 0. The molecule has 0 radical (unpaired) electrons. The number of aryl methyl sites for hydroxylation is 1. The lowest BCUT2D eigenvalue weighted by Gasteiger charge is -2.35. The van der Waals surface area contributed by atoms with E-state index in [0.717, 1.165) is 44.2 Å². The van der Waals surface area contributed by atoms with Crippen molar-refractivity contribution < 1.29 is 4.79 Å². The smallest absolute Gasteiger partial charge is 0.251 e. The molecule has 0 saturated carbocycles. The van der Waals surface area contributed by atoms with Gasteiger partial charge in [0.15, 0.2) is 0 Å². The fraction of sp³-hybridized carbons (Fsp3) is 0.519. The molecule has 1 fully saturated rings. The minimum absolute atomic E-state index is 0.0422. The molecule has 2 aliphatic rings. The molecule has 1 saturated heterocycles. The van der Waals surface area contributed by atoms with Crippen LogP contribution in [0, 0.1) is 0 Å². The number of nitrogens with zero attached hydrogens (tertiary/aromatic N) is 2. The normalized spacial score (nSPS) is 19.1. The maximum atomic E-state index is 12.5. The Bertz CT molecular complexity index is 848. The summed E-state index contributed by atoms with van der Waals surface area (Å²) in [5.41, 5.74) is 4.81. The van der Waals surface area contributed by atoms with Crippen LogP contribution >= 0.6 is 0 Å². The molecule has 1 amide bonds. The largest absolute Gasteiger partial charge is 0.367 e. The van der Waals surface area contributed by atoms with Crippen molar-refractivity contribution >= 4 is 11.6 Å². The Labute approximate surface area is 187 Å². The van der Waals surface area contributed by atoms with E-state index in [-0.39, 0.29) is 5.91 Å². The van der Waals surface area contributed by atoms with E-state index in [1.807, 2.05) is 12.1 Å². The molecule has 1 atom stereocenters. The second-order valence-corrected chi connectivity index (χ2v) is 9.05. The van der Waals surface area contributed by atoms with Crippen LogP contribution in [-0.2, 0) is 13.0 Å². The Morgan fingerprint density at radius 2 is 1.87 bits per heavy atom. The maximum Gasteiger partial charge on any atom is 0.251 e. The molecule has 0 aliphatic carbocycles. The van der Waals surface area contributed by atoms with E-state index in [0.29, 0.717) is 0 Å². The van der Waals surface area contributed by atoms with Crippen LogP contribution in [0.4, 0.5) is 5.69 Å². The molecule has 0 aromatic heterocycles. The zero-order chi connectivity index (χ0) is 21.5. The summed E-state index contributed by atoms with van der Waals surface area (Å²) < 4.78 is 0. The second kappa shape index (κ2) is 10.8. The van der Waals surface area contributed by atoms with Crippen molar-refractivity contribution in [1.82, 2.24) is 10.2 Å². The first-order valence-corrected chi connectivity index (χ1v) is 12.2. The molecule has 0 bridgehead atoms.